The number of hydrogen-bond donors (Lipinski definition) is 1. The van der Waals surface area contributed by atoms with E-state index in [1.54, 1.807) is 25.4 Å². The zero-order valence-electron chi connectivity index (χ0n) is 17.1. The molecule has 1 aliphatic rings. The summed E-state index contributed by atoms with van der Waals surface area (Å²) in [6, 6.07) is 6.94. The van der Waals surface area contributed by atoms with Crippen molar-refractivity contribution in [3.8, 4) is 11.1 Å². The summed E-state index contributed by atoms with van der Waals surface area (Å²) in [5, 5.41) is 0. The fraction of sp³-hybridized carbons (Fsp3) is 0.429. The zero-order chi connectivity index (χ0) is 21.0. The number of methoxy groups -OCH3 is 1. The van der Waals surface area contributed by atoms with Gasteiger partial charge in [0.1, 0.15) is 0 Å². The molecule has 1 aromatic carbocycles. The van der Waals surface area contributed by atoms with Crippen LogP contribution in [0.2, 0.25) is 0 Å². The van der Waals surface area contributed by atoms with Crippen LogP contribution in [0.3, 0.4) is 0 Å². The molecular weight excluding hydrogens is 370 g/mol. The van der Waals surface area contributed by atoms with Gasteiger partial charge in [-0.3, -0.25) is 9.59 Å². The monoisotopic (exact) mass is 397 g/mol. The van der Waals surface area contributed by atoms with Crippen molar-refractivity contribution in [2.24, 2.45) is 5.73 Å². The molecule has 2 aromatic rings. The molecule has 0 radical (unpaired) electrons. The molecule has 1 fully saturated rings. The van der Waals surface area contributed by atoms with E-state index in [0.29, 0.717) is 31.1 Å². The third kappa shape index (κ3) is 4.54. The molecule has 8 heteroatoms. The summed E-state index contributed by atoms with van der Waals surface area (Å²) in [5.41, 5.74) is 8.35. The minimum absolute atomic E-state index is 0.0643. The Bertz CT molecular complexity index is 882. The van der Waals surface area contributed by atoms with Gasteiger partial charge in [0.05, 0.1) is 24.8 Å². The van der Waals surface area contributed by atoms with Crippen LogP contribution in [0.1, 0.15) is 41.4 Å². The maximum absolute atomic E-state index is 12.7. The number of rotatable bonds is 7. The van der Waals surface area contributed by atoms with Crippen molar-refractivity contribution in [1.82, 2.24) is 14.9 Å². The summed E-state index contributed by atoms with van der Waals surface area (Å²) in [6.45, 7) is 1.10. The van der Waals surface area contributed by atoms with Gasteiger partial charge < -0.3 is 20.3 Å². The minimum atomic E-state index is -0.471. The van der Waals surface area contributed by atoms with Crippen molar-refractivity contribution in [3.05, 3.63) is 41.7 Å². The molecule has 8 nitrogen and oxygen atoms in total. The average molecular weight is 397 g/mol. The van der Waals surface area contributed by atoms with E-state index in [1.165, 1.54) is 0 Å². The summed E-state index contributed by atoms with van der Waals surface area (Å²) in [7, 11) is 5.36. The largest absolute Gasteiger partial charge is 0.384 e. The molecule has 0 unspecified atom stereocenters. The molecule has 2 heterocycles. The Balaban J connectivity index is 2.02. The maximum atomic E-state index is 12.7. The van der Waals surface area contributed by atoms with E-state index >= 15 is 0 Å². The number of ether oxygens (including phenoxy) is 1. The second-order valence-electron chi connectivity index (χ2n) is 7.29. The molecule has 2 amide bonds. The number of primary amides is 1. The summed E-state index contributed by atoms with van der Waals surface area (Å²) in [4.78, 5) is 37.1. The lowest BCUT2D eigenvalue weighted by Crippen LogP contribution is -2.32. The highest BCUT2D eigenvalue weighted by Crippen LogP contribution is 2.37. The maximum Gasteiger partial charge on any atom is 0.248 e. The first-order valence-electron chi connectivity index (χ1n) is 9.65. The first-order valence-corrected chi connectivity index (χ1v) is 9.65. The molecule has 29 heavy (non-hydrogen) atoms. The molecule has 2 N–H and O–H groups in total. The van der Waals surface area contributed by atoms with E-state index < -0.39 is 5.91 Å². The van der Waals surface area contributed by atoms with Crippen LogP contribution in [0.4, 0.5) is 5.95 Å². The predicted molar refractivity (Wildman–Crippen MR) is 110 cm³/mol. The first-order chi connectivity index (χ1) is 13.9. The van der Waals surface area contributed by atoms with Crippen LogP contribution in [0.25, 0.3) is 11.1 Å². The Hall–Kier alpha value is -3.00. The standard InChI is InChI=1S/C21H27N5O3/c1-25(2)21-23-13-16(14-6-8-15(9-7-14)20(22)28)19(24-21)17-5-4-11-26(17)18(27)10-12-29-3/h6-9,13,17H,4-5,10-12H2,1-3H3,(H2,22,28)/t17-/m0/s1. The molecule has 1 saturated heterocycles. The highest BCUT2D eigenvalue weighted by Gasteiger charge is 2.33. The first kappa shape index (κ1) is 20.7. The number of benzene rings is 1. The Kier molecular flexibility index (Phi) is 6.43. The van der Waals surface area contributed by atoms with Crippen molar-refractivity contribution in [1.29, 1.82) is 0 Å². The van der Waals surface area contributed by atoms with Gasteiger partial charge in [-0.2, -0.15) is 0 Å². The summed E-state index contributed by atoms with van der Waals surface area (Å²) in [6.07, 6.45) is 3.90. The third-order valence-corrected chi connectivity index (χ3v) is 5.09. The van der Waals surface area contributed by atoms with Crippen molar-refractivity contribution >= 4 is 17.8 Å². The summed E-state index contributed by atoms with van der Waals surface area (Å²) >= 11 is 0. The van der Waals surface area contributed by atoms with Crippen LogP contribution in [-0.4, -0.2) is 61.0 Å². The Labute approximate surface area is 170 Å². The lowest BCUT2D eigenvalue weighted by Gasteiger charge is -2.27. The van der Waals surface area contributed by atoms with Gasteiger partial charge in [-0.15, -0.1) is 0 Å². The molecule has 3 rings (SSSR count). The van der Waals surface area contributed by atoms with E-state index in [9.17, 15) is 9.59 Å². The van der Waals surface area contributed by atoms with Gasteiger partial charge in [-0.1, -0.05) is 12.1 Å². The van der Waals surface area contributed by atoms with E-state index in [0.717, 1.165) is 29.7 Å². The van der Waals surface area contributed by atoms with Crippen molar-refractivity contribution in [2.75, 3.05) is 39.3 Å². The van der Waals surface area contributed by atoms with Crippen LogP contribution < -0.4 is 10.6 Å². The number of carbonyl (C=O) groups is 2. The van der Waals surface area contributed by atoms with Crippen LogP contribution >= 0.6 is 0 Å². The number of nitrogens with two attached hydrogens (primary N) is 1. The fourth-order valence-electron chi connectivity index (χ4n) is 3.57. The van der Waals surface area contributed by atoms with Crippen LogP contribution in [0.15, 0.2) is 30.5 Å². The number of carbonyl (C=O) groups excluding carboxylic acids is 2. The molecular formula is C21H27N5O3. The topological polar surface area (TPSA) is 102 Å². The average Bonchev–Trinajstić information content (AvgIpc) is 3.21. The van der Waals surface area contributed by atoms with E-state index in [4.69, 9.17) is 15.5 Å². The number of nitrogens with zero attached hydrogens (tertiary/aromatic N) is 4. The fourth-order valence-corrected chi connectivity index (χ4v) is 3.57. The smallest absolute Gasteiger partial charge is 0.248 e. The minimum Gasteiger partial charge on any atom is -0.384 e. The van der Waals surface area contributed by atoms with E-state index in [1.807, 2.05) is 36.0 Å². The van der Waals surface area contributed by atoms with Gasteiger partial charge in [-0.25, -0.2) is 9.97 Å². The molecule has 1 aromatic heterocycles. The molecule has 0 saturated carbocycles. The van der Waals surface area contributed by atoms with Gasteiger partial charge in [0.15, 0.2) is 0 Å². The summed E-state index contributed by atoms with van der Waals surface area (Å²) < 4.78 is 5.07. The third-order valence-electron chi connectivity index (χ3n) is 5.09. The lowest BCUT2D eigenvalue weighted by molar-refractivity contribution is -0.133. The SMILES string of the molecule is COCCC(=O)N1CCC[C@H]1c1nc(N(C)C)ncc1-c1ccc(C(N)=O)cc1. The van der Waals surface area contributed by atoms with Gasteiger partial charge in [0.2, 0.25) is 17.8 Å². The zero-order valence-corrected chi connectivity index (χ0v) is 17.1. The van der Waals surface area contributed by atoms with Crippen LogP contribution in [0, 0.1) is 0 Å². The van der Waals surface area contributed by atoms with Crippen molar-refractivity contribution < 1.29 is 14.3 Å². The molecule has 1 atom stereocenters. The molecule has 0 aliphatic carbocycles. The highest BCUT2D eigenvalue weighted by atomic mass is 16.5. The quantitative estimate of drug-likeness (QED) is 0.767. The number of aromatic nitrogens is 2. The molecule has 1 aliphatic heterocycles. The molecule has 154 valence electrons. The number of amides is 2. The Morgan fingerprint density at radius 1 is 1.28 bits per heavy atom. The van der Waals surface area contributed by atoms with Gasteiger partial charge in [0, 0.05) is 45.1 Å². The normalized spacial score (nSPS) is 16.1. The van der Waals surface area contributed by atoms with Gasteiger partial charge in [0.25, 0.3) is 0 Å². The van der Waals surface area contributed by atoms with Crippen molar-refractivity contribution in [2.45, 2.75) is 25.3 Å². The number of likely N-dealkylation sites (tertiary alicyclic amines) is 1. The molecule has 0 bridgehead atoms. The van der Waals surface area contributed by atoms with E-state index in [-0.39, 0.29) is 11.9 Å². The van der Waals surface area contributed by atoms with E-state index in [2.05, 4.69) is 4.98 Å². The lowest BCUT2D eigenvalue weighted by atomic mass is 9.98. The van der Waals surface area contributed by atoms with Crippen LogP contribution in [-0.2, 0) is 9.53 Å². The van der Waals surface area contributed by atoms with Gasteiger partial charge in [-0.05, 0) is 30.5 Å². The predicted octanol–water partition coefficient (Wildman–Crippen LogP) is 2.01. The van der Waals surface area contributed by atoms with Crippen molar-refractivity contribution in [3.63, 3.8) is 0 Å². The second kappa shape index (κ2) is 9.00. The number of anilines is 1. The second-order valence-corrected chi connectivity index (χ2v) is 7.29. The molecule has 0 spiro atoms. The van der Waals surface area contributed by atoms with Crippen LogP contribution in [0.5, 0.6) is 0 Å². The Morgan fingerprint density at radius 3 is 2.62 bits per heavy atom. The highest BCUT2D eigenvalue weighted by molar-refractivity contribution is 5.93. The summed E-state index contributed by atoms with van der Waals surface area (Å²) in [5.74, 6) is 0.185. The van der Waals surface area contributed by atoms with Gasteiger partial charge >= 0.3 is 0 Å². The Morgan fingerprint density at radius 2 is 2.00 bits per heavy atom. The number of hydrogen-bond acceptors (Lipinski definition) is 6.